The van der Waals surface area contributed by atoms with Crippen molar-refractivity contribution >= 4 is 44.5 Å². The van der Waals surface area contributed by atoms with E-state index in [1.54, 1.807) is 35.9 Å². The third-order valence-corrected chi connectivity index (χ3v) is 6.22. The highest BCUT2D eigenvalue weighted by molar-refractivity contribution is 7.17. The number of aliphatic imine (C=N–C) groups is 1. The van der Waals surface area contributed by atoms with Crippen molar-refractivity contribution in [2.24, 2.45) is 4.99 Å². The van der Waals surface area contributed by atoms with Crippen LogP contribution in [0, 0.1) is 0 Å². The van der Waals surface area contributed by atoms with Crippen LogP contribution in [0.1, 0.15) is 29.5 Å². The molecule has 0 amide bonds. The van der Waals surface area contributed by atoms with Crippen LogP contribution >= 0.6 is 22.9 Å². The lowest BCUT2D eigenvalue weighted by molar-refractivity contribution is 0.161. The molecule has 4 aromatic rings. The van der Waals surface area contributed by atoms with Crippen LogP contribution < -0.4 is 10.1 Å². The number of fused-ring (bicyclic) bond motifs is 2. The van der Waals surface area contributed by atoms with Gasteiger partial charge in [0, 0.05) is 30.2 Å². The van der Waals surface area contributed by atoms with Crippen molar-refractivity contribution in [1.82, 2.24) is 15.3 Å². The third kappa shape index (κ3) is 4.25. The van der Waals surface area contributed by atoms with E-state index in [9.17, 15) is 5.11 Å². The Kier molecular flexibility index (Phi) is 5.55. The van der Waals surface area contributed by atoms with Crippen molar-refractivity contribution in [3.8, 4) is 5.75 Å². The van der Waals surface area contributed by atoms with Crippen LogP contribution in [0.15, 0.2) is 65.4 Å². The van der Waals surface area contributed by atoms with Gasteiger partial charge in [-0.05, 0) is 59.5 Å². The number of hydrogen-bond donors (Lipinski definition) is 2. The summed E-state index contributed by atoms with van der Waals surface area (Å²) in [6.07, 6.45) is 6.19. The molecule has 0 radical (unpaired) electrons. The molecule has 0 fully saturated rings. The van der Waals surface area contributed by atoms with E-state index in [-0.39, 0.29) is 0 Å². The van der Waals surface area contributed by atoms with Gasteiger partial charge in [0.1, 0.15) is 11.4 Å². The lowest BCUT2D eigenvalue weighted by Crippen LogP contribution is -2.32. The SMILES string of the molecule is OC1NC(c2cc3ccsc3cn2)=Nc2c(Cl)cc(OCCCc3ccncc3)cc21. The molecule has 0 aliphatic carbocycles. The van der Waals surface area contributed by atoms with Crippen molar-refractivity contribution in [1.29, 1.82) is 0 Å². The summed E-state index contributed by atoms with van der Waals surface area (Å²) < 4.78 is 6.98. The molecule has 0 spiro atoms. The maximum absolute atomic E-state index is 10.7. The number of aliphatic hydroxyl groups excluding tert-OH is 1. The Hall–Kier alpha value is -3.00. The number of aryl methyl sites for hydroxylation is 1. The minimum absolute atomic E-state index is 0.427. The summed E-state index contributed by atoms with van der Waals surface area (Å²) in [6, 6.07) is 11.5. The van der Waals surface area contributed by atoms with Gasteiger partial charge >= 0.3 is 0 Å². The highest BCUT2D eigenvalue weighted by Gasteiger charge is 2.24. The fraction of sp³-hybridized carbons (Fsp3) is 0.174. The molecule has 0 saturated heterocycles. The summed E-state index contributed by atoms with van der Waals surface area (Å²) in [6.45, 7) is 0.542. The molecule has 1 aliphatic heterocycles. The first-order valence-electron chi connectivity index (χ1n) is 9.89. The zero-order valence-electron chi connectivity index (χ0n) is 16.5. The molecule has 1 atom stereocenters. The largest absolute Gasteiger partial charge is 0.494 e. The topological polar surface area (TPSA) is 79.6 Å². The minimum atomic E-state index is -0.958. The number of thiophene rings is 1. The van der Waals surface area contributed by atoms with E-state index >= 15 is 0 Å². The second-order valence-electron chi connectivity index (χ2n) is 7.19. The molecule has 156 valence electrons. The van der Waals surface area contributed by atoms with E-state index in [1.165, 1.54) is 5.56 Å². The Morgan fingerprint density at radius 2 is 2.03 bits per heavy atom. The molecule has 0 bridgehead atoms. The Balaban J connectivity index is 1.33. The van der Waals surface area contributed by atoms with Crippen LogP contribution in [-0.2, 0) is 6.42 Å². The minimum Gasteiger partial charge on any atom is -0.494 e. The fourth-order valence-electron chi connectivity index (χ4n) is 3.50. The first-order chi connectivity index (χ1) is 15.2. The third-order valence-electron chi connectivity index (χ3n) is 5.07. The fourth-order valence-corrected chi connectivity index (χ4v) is 4.50. The number of hydrogen-bond acceptors (Lipinski definition) is 7. The van der Waals surface area contributed by atoms with E-state index in [0.29, 0.717) is 40.2 Å². The molecule has 1 unspecified atom stereocenters. The average molecular weight is 451 g/mol. The lowest BCUT2D eigenvalue weighted by Gasteiger charge is -2.24. The van der Waals surface area contributed by atoms with Crippen molar-refractivity contribution in [2.75, 3.05) is 6.61 Å². The molecule has 5 rings (SSSR count). The molecule has 1 aliphatic rings. The number of benzene rings is 1. The van der Waals surface area contributed by atoms with Gasteiger partial charge in [-0.15, -0.1) is 11.3 Å². The summed E-state index contributed by atoms with van der Waals surface area (Å²) in [4.78, 5) is 13.1. The second kappa shape index (κ2) is 8.63. The zero-order chi connectivity index (χ0) is 21.2. The van der Waals surface area contributed by atoms with Crippen molar-refractivity contribution in [3.05, 3.63) is 82.2 Å². The molecule has 2 N–H and O–H groups in total. The number of aromatic nitrogens is 2. The Morgan fingerprint density at radius 3 is 2.90 bits per heavy atom. The van der Waals surface area contributed by atoms with Gasteiger partial charge in [0.05, 0.1) is 22.0 Å². The summed E-state index contributed by atoms with van der Waals surface area (Å²) in [7, 11) is 0. The summed E-state index contributed by atoms with van der Waals surface area (Å²) in [5.41, 5.74) is 2.98. The average Bonchev–Trinajstić information content (AvgIpc) is 3.26. The number of nitrogens with one attached hydrogen (secondary N) is 1. The molecule has 1 aromatic carbocycles. The molecule has 3 aromatic heterocycles. The number of nitrogens with zero attached hydrogens (tertiary/aromatic N) is 3. The van der Waals surface area contributed by atoms with Gasteiger partial charge in [0.15, 0.2) is 12.1 Å². The van der Waals surface area contributed by atoms with Gasteiger partial charge in [0.2, 0.25) is 0 Å². The van der Waals surface area contributed by atoms with E-state index in [1.807, 2.05) is 35.8 Å². The van der Waals surface area contributed by atoms with Gasteiger partial charge in [-0.25, -0.2) is 4.99 Å². The highest BCUT2D eigenvalue weighted by atomic mass is 35.5. The second-order valence-corrected chi connectivity index (χ2v) is 8.54. The summed E-state index contributed by atoms with van der Waals surface area (Å²) in [5.74, 6) is 1.09. The number of rotatable bonds is 6. The van der Waals surface area contributed by atoms with Gasteiger partial charge in [-0.2, -0.15) is 0 Å². The number of halogens is 1. The molecular weight excluding hydrogens is 432 g/mol. The molecule has 4 heterocycles. The highest BCUT2D eigenvalue weighted by Crippen LogP contribution is 2.39. The van der Waals surface area contributed by atoms with Gasteiger partial charge in [-0.3, -0.25) is 9.97 Å². The van der Waals surface area contributed by atoms with E-state index in [2.05, 4.69) is 20.3 Å². The van der Waals surface area contributed by atoms with Crippen LogP contribution in [0.2, 0.25) is 5.02 Å². The Labute approximate surface area is 188 Å². The maximum atomic E-state index is 10.7. The predicted molar refractivity (Wildman–Crippen MR) is 123 cm³/mol. The molecule has 31 heavy (non-hydrogen) atoms. The van der Waals surface area contributed by atoms with Crippen molar-refractivity contribution < 1.29 is 9.84 Å². The molecular formula is C23H19ClN4O2S. The normalized spacial score (nSPS) is 15.3. The number of pyridine rings is 2. The molecule has 8 heteroatoms. The summed E-state index contributed by atoms with van der Waals surface area (Å²) >= 11 is 8.13. The first-order valence-corrected chi connectivity index (χ1v) is 11.2. The quantitative estimate of drug-likeness (QED) is 0.403. The first kappa shape index (κ1) is 19.9. The van der Waals surface area contributed by atoms with Crippen LogP contribution in [0.3, 0.4) is 0 Å². The standard InChI is InChI=1S/C23H19ClN4O2S/c24-18-12-16(30-8-1-2-14-3-6-25-7-4-14)11-17-21(18)27-22(28-23(17)29)19-10-15-5-9-31-20(15)13-26-19/h3-7,9-13,23,29H,1-2,8H2,(H,27,28). The number of aliphatic hydroxyl groups is 1. The monoisotopic (exact) mass is 450 g/mol. The van der Waals surface area contributed by atoms with Crippen LogP contribution in [0.4, 0.5) is 5.69 Å². The summed E-state index contributed by atoms with van der Waals surface area (Å²) in [5, 5.41) is 17.2. The Bertz CT molecular complexity index is 1260. The van der Waals surface area contributed by atoms with E-state index in [4.69, 9.17) is 16.3 Å². The number of ether oxygens (including phenoxy) is 1. The van der Waals surface area contributed by atoms with E-state index in [0.717, 1.165) is 22.9 Å². The Morgan fingerprint density at radius 1 is 1.16 bits per heavy atom. The van der Waals surface area contributed by atoms with Gasteiger partial charge in [-0.1, -0.05) is 11.6 Å². The molecule has 0 saturated carbocycles. The van der Waals surface area contributed by atoms with Crippen molar-refractivity contribution in [2.45, 2.75) is 19.1 Å². The maximum Gasteiger partial charge on any atom is 0.154 e. The van der Waals surface area contributed by atoms with Crippen LogP contribution in [0.5, 0.6) is 5.75 Å². The smallest absolute Gasteiger partial charge is 0.154 e. The zero-order valence-corrected chi connectivity index (χ0v) is 18.0. The van der Waals surface area contributed by atoms with Crippen LogP contribution in [0.25, 0.3) is 10.1 Å². The lowest BCUT2D eigenvalue weighted by atomic mass is 10.1. The molecule has 6 nitrogen and oxygen atoms in total. The predicted octanol–water partition coefficient (Wildman–Crippen LogP) is 5.03. The van der Waals surface area contributed by atoms with Crippen molar-refractivity contribution in [3.63, 3.8) is 0 Å². The van der Waals surface area contributed by atoms with E-state index < -0.39 is 6.23 Å². The van der Waals surface area contributed by atoms with Crippen LogP contribution in [-0.4, -0.2) is 27.5 Å². The number of amidine groups is 1. The van der Waals surface area contributed by atoms with Gasteiger partial charge in [0.25, 0.3) is 0 Å². The van der Waals surface area contributed by atoms with Gasteiger partial charge < -0.3 is 15.2 Å².